The quantitative estimate of drug-likeness (QED) is 0.691. The van der Waals surface area contributed by atoms with Crippen molar-refractivity contribution < 1.29 is 19.7 Å². The normalized spacial score (nSPS) is 43.1. The molecule has 7 unspecified atom stereocenters. The number of halogens is 1. The Morgan fingerprint density at radius 2 is 2.10 bits per heavy atom. The van der Waals surface area contributed by atoms with Gasteiger partial charge in [0.2, 0.25) is 0 Å². The minimum atomic E-state index is -0.850. The van der Waals surface area contributed by atoms with E-state index in [9.17, 15) is 10.2 Å². The van der Waals surface area contributed by atoms with Gasteiger partial charge in [0.1, 0.15) is 11.7 Å². The summed E-state index contributed by atoms with van der Waals surface area (Å²) in [6, 6.07) is 4.23. The van der Waals surface area contributed by atoms with E-state index in [1.165, 1.54) is 11.1 Å². The monoisotopic (exact) mass is 447 g/mol. The Labute approximate surface area is 190 Å². The summed E-state index contributed by atoms with van der Waals surface area (Å²) in [5.74, 6) is 0.823. The number of aliphatic hydroxyl groups is 1. The maximum Gasteiger partial charge on any atom is 0.165 e. The lowest BCUT2D eigenvalue weighted by molar-refractivity contribution is -0.247. The molecule has 4 aliphatic carbocycles. The van der Waals surface area contributed by atoms with Gasteiger partial charge in [-0.1, -0.05) is 31.6 Å². The van der Waals surface area contributed by atoms with Crippen LogP contribution in [-0.4, -0.2) is 59.2 Å². The number of hydrogen-bond donors (Lipinski definition) is 2. The standard InChI is InChI=1S/C25H33NO4.ClH/c1-5-8-22(2,28)17-14-23-9-10-25(17,29-4)21-24(23)11-12-26(3)18(23)13-15-6-7-16(27)20(30-21)19(15)24;/h6-7,9-10,17-18,21,27-28H,5,8,11-14H2,1-4H3;1H. The fraction of sp³-hybridized carbons (Fsp3) is 0.680. The summed E-state index contributed by atoms with van der Waals surface area (Å²) < 4.78 is 13.1. The molecule has 5 nitrogen and oxygen atoms in total. The van der Waals surface area contributed by atoms with E-state index in [-0.39, 0.29) is 41.0 Å². The van der Waals surface area contributed by atoms with Gasteiger partial charge in [-0.2, -0.15) is 0 Å². The molecular formula is C25H34ClNO4. The second kappa shape index (κ2) is 6.40. The minimum absolute atomic E-state index is 0. The zero-order chi connectivity index (χ0) is 21.1. The molecule has 2 N–H and O–H groups in total. The highest BCUT2D eigenvalue weighted by atomic mass is 35.5. The van der Waals surface area contributed by atoms with Crippen molar-refractivity contribution in [2.24, 2.45) is 11.3 Å². The van der Waals surface area contributed by atoms with Crippen LogP contribution in [0, 0.1) is 11.3 Å². The second-order valence-corrected chi connectivity index (χ2v) is 10.7. The molecule has 1 aromatic rings. The van der Waals surface area contributed by atoms with Crippen LogP contribution in [-0.2, 0) is 16.6 Å². The van der Waals surface area contributed by atoms with Crippen molar-refractivity contribution in [3.8, 4) is 11.5 Å². The van der Waals surface area contributed by atoms with E-state index in [2.05, 4.69) is 37.1 Å². The molecule has 31 heavy (non-hydrogen) atoms. The van der Waals surface area contributed by atoms with E-state index < -0.39 is 11.2 Å². The van der Waals surface area contributed by atoms with Crippen LogP contribution in [0.1, 0.15) is 50.7 Å². The molecule has 2 aliphatic heterocycles. The molecule has 6 heteroatoms. The summed E-state index contributed by atoms with van der Waals surface area (Å²) in [5.41, 5.74) is 0.625. The number of hydrogen-bond acceptors (Lipinski definition) is 5. The van der Waals surface area contributed by atoms with E-state index in [0.29, 0.717) is 11.8 Å². The third-order valence-corrected chi connectivity index (χ3v) is 9.58. The molecular weight excluding hydrogens is 414 g/mol. The number of piperidine rings is 1. The molecule has 1 aromatic carbocycles. The zero-order valence-electron chi connectivity index (χ0n) is 18.9. The first kappa shape index (κ1) is 21.6. The van der Waals surface area contributed by atoms with Crippen LogP contribution in [0.4, 0.5) is 0 Å². The van der Waals surface area contributed by atoms with Gasteiger partial charge in [0.15, 0.2) is 11.5 Å². The van der Waals surface area contributed by atoms with E-state index in [0.717, 1.165) is 38.6 Å². The zero-order valence-corrected chi connectivity index (χ0v) is 19.7. The Bertz CT molecular complexity index is 963. The smallest absolute Gasteiger partial charge is 0.165 e. The Morgan fingerprint density at radius 1 is 1.32 bits per heavy atom. The summed E-state index contributed by atoms with van der Waals surface area (Å²) >= 11 is 0. The van der Waals surface area contributed by atoms with Gasteiger partial charge in [0, 0.05) is 30.0 Å². The molecule has 2 heterocycles. The van der Waals surface area contributed by atoms with Crippen molar-refractivity contribution in [2.45, 2.75) is 74.7 Å². The highest BCUT2D eigenvalue weighted by Gasteiger charge is 2.80. The molecule has 0 aromatic heterocycles. The molecule has 1 saturated heterocycles. The first-order valence-electron chi connectivity index (χ1n) is 11.5. The lowest BCUT2D eigenvalue weighted by atomic mass is 9.36. The van der Waals surface area contributed by atoms with E-state index in [4.69, 9.17) is 9.47 Å². The van der Waals surface area contributed by atoms with Crippen molar-refractivity contribution in [1.29, 1.82) is 0 Å². The number of ether oxygens (including phenoxy) is 2. The second-order valence-electron chi connectivity index (χ2n) is 10.7. The van der Waals surface area contributed by atoms with Crippen LogP contribution in [0.3, 0.4) is 0 Å². The number of phenolic OH excluding ortho intramolecular Hbond substituents is 1. The predicted octanol–water partition coefficient (Wildman–Crippen LogP) is 3.59. The van der Waals surface area contributed by atoms with Gasteiger partial charge in [-0.3, -0.25) is 0 Å². The Morgan fingerprint density at radius 3 is 2.81 bits per heavy atom. The van der Waals surface area contributed by atoms with Crippen molar-refractivity contribution in [1.82, 2.24) is 4.90 Å². The largest absolute Gasteiger partial charge is 0.504 e. The number of methoxy groups -OCH3 is 1. The highest BCUT2D eigenvalue weighted by Crippen LogP contribution is 2.75. The highest BCUT2D eigenvalue weighted by molar-refractivity contribution is 5.85. The average molecular weight is 448 g/mol. The van der Waals surface area contributed by atoms with Gasteiger partial charge in [-0.15, -0.1) is 12.4 Å². The fourth-order valence-electron chi connectivity index (χ4n) is 8.44. The van der Waals surface area contributed by atoms with E-state index in [1.54, 1.807) is 13.2 Å². The van der Waals surface area contributed by atoms with Crippen LogP contribution in [0.5, 0.6) is 11.5 Å². The van der Waals surface area contributed by atoms with Gasteiger partial charge in [0.05, 0.1) is 11.0 Å². The maximum atomic E-state index is 11.7. The summed E-state index contributed by atoms with van der Waals surface area (Å²) in [6.45, 7) is 5.11. The molecule has 6 aliphatic rings. The number of aromatic hydroxyl groups is 1. The van der Waals surface area contributed by atoms with Crippen LogP contribution in [0.25, 0.3) is 0 Å². The van der Waals surface area contributed by atoms with Crippen molar-refractivity contribution in [2.75, 3.05) is 20.7 Å². The van der Waals surface area contributed by atoms with Gasteiger partial charge < -0.3 is 24.6 Å². The number of likely N-dealkylation sites (N-methyl/N-ethyl adjacent to an activating group) is 1. The number of phenols is 1. The van der Waals surface area contributed by atoms with Crippen molar-refractivity contribution in [3.05, 3.63) is 35.4 Å². The van der Waals surface area contributed by atoms with Gasteiger partial charge in [-0.25, -0.2) is 0 Å². The Balaban J connectivity index is 0.00000204. The third kappa shape index (κ3) is 2.15. The lowest BCUT2D eigenvalue weighted by Gasteiger charge is -2.72. The summed E-state index contributed by atoms with van der Waals surface area (Å²) in [6.07, 6.45) is 8.86. The van der Waals surface area contributed by atoms with E-state index in [1.807, 2.05) is 6.92 Å². The van der Waals surface area contributed by atoms with Gasteiger partial charge in [0.25, 0.3) is 0 Å². The number of benzene rings is 1. The first-order chi connectivity index (χ1) is 14.3. The summed E-state index contributed by atoms with van der Waals surface area (Å²) in [4.78, 5) is 2.51. The molecule has 7 rings (SSSR count). The first-order valence-corrected chi connectivity index (χ1v) is 11.5. The molecule has 170 valence electrons. The SMILES string of the molecule is CCCC(C)(O)C1CC23C=CC1(OC)C1Oc4c(O)ccc5c4C12CCN(C)C3C5.Cl. The number of rotatable bonds is 4. The van der Waals surface area contributed by atoms with Crippen LogP contribution < -0.4 is 4.74 Å². The Kier molecular flexibility index (Phi) is 4.46. The molecule has 1 saturated carbocycles. The molecule has 0 radical (unpaired) electrons. The van der Waals surface area contributed by atoms with Crippen molar-refractivity contribution >= 4 is 12.4 Å². The van der Waals surface area contributed by atoms with Crippen LogP contribution in [0.2, 0.25) is 0 Å². The molecule has 4 bridgehead atoms. The number of nitrogens with zero attached hydrogens (tertiary/aromatic N) is 1. The Hall–Kier alpha value is -1.27. The summed E-state index contributed by atoms with van der Waals surface area (Å²) in [5, 5.41) is 22.4. The lowest BCUT2D eigenvalue weighted by Crippen LogP contribution is -2.80. The predicted molar refractivity (Wildman–Crippen MR) is 121 cm³/mol. The molecule has 7 atom stereocenters. The minimum Gasteiger partial charge on any atom is -0.504 e. The van der Waals surface area contributed by atoms with Crippen molar-refractivity contribution in [3.63, 3.8) is 0 Å². The molecule has 0 amide bonds. The molecule has 2 spiro atoms. The van der Waals surface area contributed by atoms with Gasteiger partial charge in [-0.05, 0) is 57.8 Å². The van der Waals surface area contributed by atoms with E-state index >= 15 is 0 Å². The van der Waals surface area contributed by atoms with Crippen LogP contribution in [0.15, 0.2) is 24.3 Å². The molecule has 2 fully saturated rings. The fourth-order valence-corrected chi connectivity index (χ4v) is 8.44. The van der Waals surface area contributed by atoms with Gasteiger partial charge >= 0.3 is 0 Å². The average Bonchev–Trinajstić information content (AvgIpc) is 3.09. The number of fused-ring (bicyclic) bond motifs is 1. The maximum absolute atomic E-state index is 11.7. The summed E-state index contributed by atoms with van der Waals surface area (Å²) in [7, 11) is 4.00. The topological polar surface area (TPSA) is 62.2 Å². The third-order valence-electron chi connectivity index (χ3n) is 9.58. The van der Waals surface area contributed by atoms with Crippen LogP contribution >= 0.6 is 12.4 Å². The number of likely N-dealkylation sites (tertiary alicyclic amines) is 1.